The zero-order chi connectivity index (χ0) is 10.8. The van der Waals surface area contributed by atoms with Crippen LogP contribution in [-0.4, -0.2) is 0 Å². The van der Waals surface area contributed by atoms with Gasteiger partial charge in [-0.25, -0.2) is 0 Å². The van der Waals surface area contributed by atoms with Crippen LogP contribution < -0.4 is 0 Å². The van der Waals surface area contributed by atoms with Crippen molar-refractivity contribution in [1.29, 1.82) is 0 Å². The molecule has 1 rings (SSSR count). The fourth-order valence-electron chi connectivity index (χ4n) is 1.74. The van der Waals surface area contributed by atoms with Gasteiger partial charge in [0.05, 0.1) is 0 Å². The Bertz CT molecular complexity index is 282. The highest BCUT2D eigenvalue weighted by Crippen LogP contribution is 2.24. The van der Waals surface area contributed by atoms with Crippen molar-refractivity contribution >= 4 is 0 Å². The van der Waals surface area contributed by atoms with Crippen LogP contribution in [0.15, 0.2) is 18.2 Å². The lowest BCUT2D eigenvalue weighted by atomic mass is 9.86. The average molecular weight is 190 g/mol. The fourth-order valence-corrected chi connectivity index (χ4v) is 1.74. The maximum Gasteiger partial charge on any atom is -0.0269 e. The summed E-state index contributed by atoms with van der Waals surface area (Å²) in [6, 6.07) is 6.57. The molecule has 0 amide bonds. The molecule has 1 aromatic rings. The largest absolute Gasteiger partial charge is 0.0617 e. The van der Waals surface area contributed by atoms with Gasteiger partial charge in [-0.1, -0.05) is 39.0 Å². The lowest BCUT2D eigenvalue weighted by molar-refractivity contribution is 0.377. The Labute approximate surface area is 88.4 Å². The highest BCUT2D eigenvalue weighted by atomic mass is 14.2. The van der Waals surface area contributed by atoms with Gasteiger partial charge >= 0.3 is 0 Å². The van der Waals surface area contributed by atoms with Crippen LogP contribution in [0.3, 0.4) is 0 Å². The van der Waals surface area contributed by atoms with Gasteiger partial charge in [0.25, 0.3) is 0 Å². The van der Waals surface area contributed by atoms with E-state index >= 15 is 0 Å². The minimum absolute atomic E-state index is 0.439. The quantitative estimate of drug-likeness (QED) is 0.653. The summed E-state index contributed by atoms with van der Waals surface area (Å²) in [6.45, 7) is 11.3. The maximum atomic E-state index is 2.31. The van der Waals surface area contributed by atoms with E-state index in [0.29, 0.717) is 5.41 Å². The average Bonchev–Trinajstić information content (AvgIpc) is 2.01. The summed E-state index contributed by atoms with van der Waals surface area (Å²) in [7, 11) is 0. The predicted octanol–water partition coefficient (Wildman–Crippen LogP) is 4.28. The van der Waals surface area contributed by atoms with Crippen molar-refractivity contribution < 1.29 is 0 Å². The molecule has 0 radical (unpaired) electrons. The van der Waals surface area contributed by atoms with Crippen molar-refractivity contribution in [2.45, 2.75) is 47.5 Å². The third kappa shape index (κ3) is 3.17. The first-order chi connectivity index (χ1) is 6.40. The number of hydrogen-bond acceptors (Lipinski definition) is 0. The first-order valence-electron chi connectivity index (χ1n) is 5.45. The minimum Gasteiger partial charge on any atom is -0.0617 e. The smallest absolute Gasteiger partial charge is 0.0269 e. The van der Waals surface area contributed by atoms with E-state index in [9.17, 15) is 0 Å². The summed E-state index contributed by atoms with van der Waals surface area (Å²) in [5.74, 6) is 0. The van der Waals surface area contributed by atoms with E-state index in [1.807, 2.05) is 0 Å². The van der Waals surface area contributed by atoms with E-state index < -0.39 is 0 Å². The van der Waals surface area contributed by atoms with Gasteiger partial charge < -0.3 is 0 Å². The van der Waals surface area contributed by atoms with Crippen LogP contribution in [0.5, 0.6) is 0 Å². The monoisotopic (exact) mass is 190 g/mol. The molecular weight excluding hydrogens is 168 g/mol. The molecule has 0 N–H and O–H groups in total. The van der Waals surface area contributed by atoms with Gasteiger partial charge in [-0.2, -0.15) is 0 Å². The molecule has 0 fully saturated rings. The molecule has 0 unspecified atom stereocenters. The van der Waals surface area contributed by atoms with E-state index in [0.717, 1.165) is 0 Å². The lowest BCUT2D eigenvalue weighted by Crippen LogP contribution is -2.07. The van der Waals surface area contributed by atoms with E-state index in [4.69, 9.17) is 0 Å². The first kappa shape index (κ1) is 11.3. The Kier molecular flexibility index (Phi) is 3.36. The number of hydrogen-bond donors (Lipinski definition) is 0. The SMILES string of the molecule is Cc1cccc(C)c1CCC(C)(C)C. The van der Waals surface area contributed by atoms with Gasteiger partial charge in [0.15, 0.2) is 0 Å². The molecule has 0 aliphatic heterocycles. The van der Waals surface area contributed by atoms with Gasteiger partial charge in [0.2, 0.25) is 0 Å². The predicted molar refractivity (Wildman–Crippen MR) is 63.7 cm³/mol. The minimum atomic E-state index is 0.439. The summed E-state index contributed by atoms with van der Waals surface area (Å²) < 4.78 is 0. The number of rotatable bonds is 2. The van der Waals surface area contributed by atoms with Gasteiger partial charge in [-0.05, 0) is 48.8 Å². The lowest BCUT2D eigenvalue weighted by Gasteiger charge is -2.19. The van der Waals surface area contributed by atoms with Crippen LogP contribution in [-0.2, 0) is 6.42 Å². The van der Waals surface area contributed by atoms with Crippen molar-refractivity contribution in [3.05, 3.63) is 34.9 Å². The Balaban J connectivity index is 2.77. The first-order valence-corrected chi connectivity index (χ1v) is 5.45. The van der Waals surface area contributed by atoms with Crippen LogP contribution in [0.2, 0.25) is 0 Å². The van der Waals surface area contributed by atoms with Gasteiger partial charge in [-0.15, -0.1) is 0 Å². The van der Waals surface area contributed by atoms with Crippen molar-refractivity contribution in [2.75, 3.05) is 0 Å². The van der Waals surface area contributed by atoms with Crippen LogP contribution in [0.1, 0.15) is 43.9 Å². The molecule has 0 heteroatoms. The molecule has 0 bridgehead atoms. The second-order valence-electron chi connectivity index (χ2n) is 5.43. The zero-order valence-electron chi connectivity index (χ0n) is 10.1. The molecule has 0 saturated heterocycles. The second kappa shape index (κ2) is 4.16. The second-order valence-corrected chi connectivity index (χ2v) is 5.43. The van der Waals surface area contributed by atoms with Gasteiger partial charge in [-0.3, -0.25) is 0 Å². The summed E-state index contributed by atoms with van der Waals surface area (Å²) in [5, 5.41) is 0. The highest BCUT2D eigenvalue weighted by Gasteiger charge is 2.11. The van der Waals surface area contributed by atoms with Crippen molar-refractivity contribution in [2.24, 2.45) is 5.41 Å². The third-order valence-corrected chi connectivity index (χ3v) is 2.77. The van der Waals surface area contributed by atoms with Crippen LogP contribution in [0, 0.1) is 19.3 Å². The number of benzene rings is 1. The summed E-state index contributed by atoms with van der Waals surface area (Å²) >= 11 is 0. The van der Waals surface area contributed by atoms with Crippen molar-refractivity contribution in [3.8, 4) is 0 Å². The Morgan fingerprint density at radius 3 is 1.93 bits per heavy atom. The molecule has 0 atom stereocenters. The molecular formula is C14H22. The molecule has 0 saturated carbocycles. The zero-order valence-corrected chi connectivity index (χ0v) is 10.1. The summed E-state index contributed by atoms with van der Waals surface area (Å²) in [6.07, 6.45) is 2.47. The topological polar surface area (TPSA) is 0 Å². The molecule has 0 heterocycles. The molecule has 0 aliphatic carbocycles. The molecule has 1 aromatic carbocycles. The van der Waals surface area contributed by atoms with Gasteiger partial charge in [0.1, 0.15) is 0 Å². The number of aryl methyl sites for hydroxylation is 2. The Hall–Kier alpha value is -0.780. The van der Waals surface area contributed by atoms with Crippen LogP contribution in [0.4, 0.5) is 0 Å². The molecule has 0 nitrogen and oxygen atoms in total. The Morgan fingerprint density at radius 1 is 1.00 bits per heavy atom. The van der Waals surface area contributed by atoms with Crippen molar-refractivity contribution in [1.82, 2.24) is 0 Å². The molecule has 0 aliphatic rings. The van der Waals surface area contributed by atoms with E-state index in [-0.39, 0.29) is 0 Å². The molecule has 78 valence electrons. The maximum absolute atomic E-state index is 2.31. The summed E-state index contributed by atoms with van der Waals surface area (Å²) in [4.78, 5) is 0. The van der Waals surface area contributed by atoms with E-state index in [1.54, 1.807) is 5.56 Å². The van der Waals surface area contributed by atoms with Crippen LogP contribution >= 0.6 is 0 Å². The van der Waals surface area contributed by atoms with Crippen LogP contribution in [0.25, 0.3) is 0 Å². The fraction of sp³-hybridized carbons (Fsp3) is 0.571. The van der Waals surface area contributed by atoms with Crippen molar-refractivity contribution in [3.63, 3.8) is 0 Å². The van der Waals surface area contributed by atoms with E-state index in [1.165, 1.54) is 24.0 Å². The standard InChI is InChI=1S/C14H22/c1-11-7-6-8-12(2)13(11)9-10-14(3,4)5/h6-8H,9-10H2,1-5H3. The molecule has 0 aromatic heterocycles. The third-order valence-electron chi connectivity index (χ3n) is 2.77. The molecule has 14 heavy (non-hydrogen) atoms. The van der Waals surface area contributed by atoms with E-state index in [2.05, 4.69) is 52.8 Å². The Morgan fingerprint density at radius 2 is 1.50 bits per heavy atom. The molecule has 0 spiro atoms. The summed E-state index contributed by atoms with van der Waals surface area (Å²) in [5.41, 5.74) is 4.86. The van der Waals surface area contributed by atoms with Gasteiger partial charge in [0, 0.05) is 0 Å². The highest BCUT2D eigenvalue weighted by molar-refractivity contribution is 5.33. The normalized spacial score (nSPS) is 11.8.